The first-order valence-electron chi connectivity index (χ1n) is 6.84. The van der Waals surface area contributed by atoms with Crippen molar-refractivity contribution in [3.05, 3.63) is 48.0 Å². The zero-order valence-electron chi connectivity index (χ0n) is 12.0. The Morgan fingerprint density at radius 1 is 1.19 bits per heavy atom. The van der Waals surface area contributed by atoms with Crippen LogP contribution in [-0.2, 0) is 7.05 Å². The van der Waals surface area contributed by atoms with Gasteiger partial charge < -0.3 is 9.30 Å². The molecule has 0 aliphatic heterocycles. The number of fused-ring (bicyclic) bond motifs is 1. The van der Waals surface area contributed by atoms with Crippen molar-refractivity contribution in [3.8, 4) is 23.2 Å². The van der Waals surface area contributed by atoms with Crippen LogP contribution in [0.4, 0.5) is 0 Å². The van der Waals surface area contributed by atoms with Crippen molar-refractivity contribution in [1.82, 2.24) is 9.55 Å². The highest BCUT2D eigenvalue weighted by atomic mass is 16.5. The summed E-state index contributed by atoms with van der Waals surface area (Å²) >= 11 is 0. The highest BCUT2D eigenvalue weighted by molar-refractivity contribution is 5.86. The molecule has 3 aromatic rings. The molecule has 0 amide bonds. The van der Waals surface area contributed by atoms with Crippen LogP contribution in [0.15, 0.2) is 42.5 Å². The fourth-order valence-electron chi connectivity index (χ4n) is 2.48. The number of nitrogens with zero attached hydrogens (tertiary/aromatic N) is 3. The van der Waals surface area contributed by atoms with Crippen molar-refractivity contribution in [2.75, 3.05) is 6.61 Å². The highest BCUT2D eigenvalue weighted by Gasteiger charge is 2.15. The number of ether oxygens (including phenoxy) is 1. The van der Waals surface area contributed by atoms with E-state index in [1.807, 2.05) is 54.9 Å². The number of imidazole rings is 1. The zero-order valence-corrected chi connectivity index (χ0v) is 12.0. The molecule has 0 radical (unpaired) electrons. The van der Waals surface area contributed by atoms with Gasteiger partial charge in [-0.05, 0) is 31.2 Å². The van der Waals surface area contributed by atoms with Gasteiger partial charge >= 0.3 is 0 Å². The Morgan fingerprint density at radius 2 is 2.00 bits per heavy atom. The third-order valence-electron chi connectivity index (χ3n) is 3.46. The molecule has 104 valence electrons. The molecule has 0 atom stereocenters. The normalized spacial score (nSPS) is 10.5. The topological polar surface area (TPSA) is 50.8 Å². The number of rotatable bonds is 3. The number of para-hydroxylation sites is 2. The van der Waals surface area contributed by atoms with E-state index in [-0.39, 0.29) is 0 Å². The Bertz CT molecular complexity index is 843. The molecule has 0 fully saturated rings. The maximum Gasteiger partial charge on any atom is 0.144 e. The van der Waals surface area contributed by atoms with E-state index in [9.17, 15) is 5.26 Å². The number of aryl methyl sites for hydroxylation is 1. The van der Waals surface area contributed by atoms with Crippen LogP contribution in [0.1, 0.15) is 12.5 Å². The number of nitriles is 1. The molecule has 0 bridgehead atoms. The summed E-state index contributed by atoms with van der Waals surface area (Å²) in [6.45, 7) is 2.56. The Balaban J connectivity index is 2.27. The molecule has 3 rings (SSSR count). The number of hydrogen-bond donors (Lipinski definition) is 0. The average molecular weight is 277 g/mol. The molecule has 1 aromatic heterocycles. The molecular weight excluding hydrogens is 262 g/mol. The predicted octanol–water partition coefficient (Wildman–Crippen LogP) is 3.51. The number of benzene rings is 2. The van der Waals surface area contributed by atoms with Crippen molar-refractivity contribution in [2.24, 2.45) is 7.05 Å². The largest absolute Gasteiger partial charge is 0.493 e. The van der Waals surface area contributed by atoms with E-state index in [0.717, 1.165) is 28.2 Å². The van der Waals surface area contributed by atoms with Gasteiger partial charge in [-0.15, -0.1) is 0 Å². The first-order valence-corrected chi connectivity index (χ1v) is 6.84. The van der Waals surface area contributed by atoms with E-state index in [4.69, 9.17) is 4.74 Å². The van der Waals surface area contributed by atoms with E-state index >= 15 is 0 Å². The first-order chi connectivity index (χ1) is 10.3. The van der Waals surface area contributed by atoms with E-state index in [1.165, 1.54) is 0 Å². The Hall–Kier alpha value is -2.80. The molecule has 0 saturated heterocycles. The minimum Gasteiger partial charge on any atom is -0.493 e. The van der Waals surface area contributed by atoms with E-state index in [2.05, 4.69) is 11.1 Å². The van der Waals surface area contributed by atoms with Gasteiger partial charge in [-0.1, -0.05) is 18.2 Å². The van der Waals surface area contributed by atoms with Crippen molar-refractivity contribution < 1.29 is 4.74 Å². The molecule has 4 heteroatoms. The third-order valence-corrected chi connectivity index (χ3v) is 3.46. The van der Waals surface area contributed by atoms with Crippen LogP contribution in [0, 0.1) is 11.3 Å². The minimum absolute atomic E-state index is 0.586. The second-order valence-electron chi connectivity index (χ2n) is 4.71. The molecule has 0 aliphatic rings. The lowest BCUT2D eigenvalue weighted by atomic mass is 10.2. The fourth-order valence-corrected chi connectivity index (χ4v) is 2.48. The average Bonchev–Trinajstić information content (AvgIpc) is 2.85. The zero-order chi connectivity index (χ0) is 14.8. The van der Waals surface area contributed by atoms with E-state index in [1.54, 1.807) is 6.07 Å². The number of aromatic nitrogens is 2. The van der Waals surface area contributed by atoms with Crippen molar-refractivity contribution >= 4 is 11.0 Å². The second kappa shape index (κ2) is 5.29. The first kappa shape index (κ1) is 13.2. The summed E-state index contributed by atoms with van der Waals surface area (Å²) in [6, 6.07) is 15.6. The molecule has 2 aromatic carbocycles. The smallest absolute Gasteiger partial charge is 0.144 e. The van der Waals surface area contributed by atoms with E-state index < -0.39 is 0 Å². The maximum atomic E-state index is 9.22. The summed E-state index contributed by atoms with van der Waals surface area (Å²) in [5, 5.41) is 9.22. The molecule has 0 saturated carbocycles. The van der Waals surface area contributed by atoms with Crippen LogP contribution >= 0.6 is 0 Å². The summed E-state index contributed by atoms with van der Waals surface area (Å²) < 4.78 is 7.67. The third kappa shape index (κ3) is 2.13. The monoisotopic (exact) mass is 277 g/mol. The molecule has 0 spiro atoms. The van der Waals surface area contributed by atoms with Crippen LogP contribution < -0.4 is 4.74 Å². The van der Waals surface area contributed by atoms with Gasteiger partial charge in [0, 0.05) is 7.05 Å². The maximum absolute atomic E-state index is 9.22. The van der Waals surface area contributed by atoms with Crippen molar-refractivity contribution in [1.29, 1.82) is 5.26 Å². The lowest BCUT2D eigenvalue weighted by molar-refractivity contribution is 0.341. The lowest BCUT2D eigenvalue weighted by Crippen LogP contribution is -1.97. The van der Waals surface area contributed by atoms with Crippen molar-refractivity contribution in [2.45, 2.75) is 6.92 Å². The molecule has 21 heavy (non-hydrogen) atoms. The predicted molar refractivity (Wildman–Crippen MR) is 82.0 cm³/mol. The molecule has 4 nitrogen and oxygen atoms in total. The van der Waals surface area contributed by atoms with E-state index in [0.29, 0.717) is 12.2 Å². The van der Waals surface area contributed by atoms with Crippen LogP contribution in [-0.4, -0.2) is 16.2 Å². The Morgan fingerprint density at radius 3 is 2.76 bits per heavy atom. The lowest BCUT2D eigenvalue weighted by Gasteiger charge is -2.09. The van der Waals surface area contributed by atoms with Gasteiger partial charge in [0.05, 0.1) is 23.3 Å². The Labute approximate surface area is 123 Å². The van der Waals surface area contributed by atoms with Crippen LogP contribution in [0.5, 0.6) is 5.75 Å². The molecule has 0 unspecified atom stereocenters. The summed E-state index contributed by atoms with van der Waals surface area (Å²) in [5.74, 6) is 1.61. The standard InChI is InChI=1S/C17H15N3O/c1-3-21-15-10-5-4-8-13(15)17-19-16-12(11-18)7-6-9-14(16)20(17)2/h4-10H,3H2,1-2H3. The minimum atomic E-state index is 0.586. The molecule has 1 heterocycles. The Kier molecular flexibility index (Phi) is 3.33. The quantitative estimate of drug-likeness (QED) is 0.736. The number of hydrogen-bond acceptors (Lipinski definition) is 3. The van der Waals surface area contributed by atoms with Gasteiger partial charge in [-0.25, -0.2) is 4.98 Å². The van der Waals surface area contributed by atoms with Crippen LogP contribution in [0.25, 0.3) is 22.4 Å². The summed E-state index contributed by atoms with van der Waals surface area (Å²) in [7, 11) is 1.95. The highest BCUT2D eigenvalue weighted by Crippen LogP contribution is 2.31. The summed E-state index contributed by atoms with van der Waals surface area (Å²) in [6.07, 6.45) is 0. The molecular formula is C17H15N3O. The van der Waals surface area contributed by atoms with Gasteiger partial charge in [0.1, 0.15) is 23.2 Å². The van der Waals surface area contributed by atoms with Gasteiger partial charge in [-0.3, -0.25) is 0 Å². The SMILES string of the molecule is CCOc1ccccc1-c1nc2c(C#N)cccc2n1C. The molecule has 0 N–H and O–H groups in total. The van der Waals surface area contributed by atoms with Crippen LogP contribution in [0.3, 0.4) is 0 Å². The van der Waals surface area contributed by atoms with Gasteiger partial charge in [-0.2, -0.15) is 5.26 Å². The summed E-state index contributed by atoms with van der Waals surface area (Å²) in [4.78, 5) is 4.66. The van der Waals surface area contributed by atoms with Gasteiger partial charge in [0.15, 0.2) is 0 Å². The second-order valence-corrected chi connectivity index (χ2v) is 4.71. The van der Waals surface area contributed by atoms with Gasteiger partial charge in [0.25, 0.3) is 0 Å². The van der Waals surface area contributed by atoms with Gasteiger partial charge in [0.2, 0.25) is 0 Å². The van der Waals surface area contributed by atoms with Crippen molar-refractivity contribution in [3.63, 3.8) is 0 Å². The summed E-state index contributed by atoms with van der Waals surface area (Å²) in [5.41, 5.74) is 3.18. The van der Waals surface area contributed by atoms with Crippen LogP contribution in [0.2, 0.25) is 0 Å². The molecule has 0 aliphatic carbocycles. The fraction of sp³-hybridized carbons (Fsp3) is 0.176.